The molecule has 4 aromatic rings. The first-order chi connectivity index (χ1) is 20.2. The SMILES string of the molecule is O=C(COCC(=O)N/N=C/c1ccccc1OCc1ccccc1)N/N=C/c1ccccc1OCc1ccccc1. The van der Waals surface area contributed by atoms with Gasteiger partial charge in [-0.2, -0.15) is 10.2 Å². The van der Waals surface area contributed by atoms with Crippen LogP contribution in [0.2, 0.25) is 0 Å². The molecule has 2 amide bonds. The third kappa shape index (κ3) is 10.1. The molecule has 0 aliphatic carbocycles. The summed E-state index contributed by atoms with van der Waals surface area (Å²) in [7, 11) is 0. The number of rotatable bonds is 14. The molecule has 0 aliphatic rings. The number of carbonyl (C=O) groups is 2. The van der Waals surface area contributed by atoms with Crippen molar-refractivity contribution in [1.29, 1.82) is 0 Å². The van der Waals surface area contributed by atoms with Crippen LogP contribution in [0.25, 0.3) is 0 Å². The molecule has 2 N–H and O–H groups in total. The van der Waals surface area contributed by atoms with E-state index < -0.39 is 11.8 Å². The normalized spacial score (nSPS) is 10.9. The molecule has 0 aromatic heterocycles. The van der Waals surface area contributed by atoms with Crippen LogP contribution in [-0.4, -0.2) is 37.5 Å². The molecule has 0 saturated carbocycles. The van der Waals surface area contributed by atoms with Gasteiger partial charge in [-0.15, -0.1) is 0 Å². The maximum absolute atomic E-state index is 12.1. The molecule has 41 heavy (non-hydrogen) atoms. The molecule has 0 heterocycles. The molecule has 0 aliphatic heterocycles. The van der Waals surface area contributed by atoms with Gasteiger partial charge >= 0.3 is 0 Å². The number of nitrogens with zero attached hydrogens (tertiary/aromatic N) is 2. The first-order valence-electron chi connectivity index (χ1n) is 12.9. The van der Waals surface area contributed by atoms with Crippen LogP contribution < -0.4 is 20.3 Å². The zero-order chi connectivity index (χ0) is 28.5. The molecule has 9 nitrogen and oxygen atoms in total. The maximum Gasteiger partial charge on any atom is 0.266 e. The van der Waals surface area contributed by atoms with E-state index in [4.69, 9.17) is 14.2 Å². The number of ether oxygens (including phenoxy) is 3. The van der Waals surface area contributed by atoms with Crippen molar-refractivity contribution in [3.63, 3.8) is 0 Å². The second-order valence-corrected chi connectivity index (χ2v) is 8.70. The summed E-state index contributed by atoms with van der Waals surface area (Å²) in [6.07, 6.45) is 2.97. The van der Waals surface area contributed by atoms with Crippen molar-refractivity contribution in [2.45, 2.75) is 13.2 Å². The fraction of sp³-hybridized carbons (Fsp3) is 0.125. The fourth-order valence-electron chi connectivity index (χ4n) is 3.56. The zero-order valence-electron chi connectivity index (χ0n) is 22.3. The lowest BCUT2D eigenvalue weighted by atomic mass is 10.2. The van der Waals surface area contributed by atoms with Crippen LogP contribution in [0.5, 0.6) is 11.5 Å². The van der Waals surface area contributed by atoms with Crippen LogP contribution in [0.3, 0.4) is 0 Å². The number of hydrazone groups is 2. The fourth-order valence-corrected chi connectivity index (χ4v) is 3.56. The predicted molar refractivity (Wildman–Crippen MR) is 157 cm³/mol. The Hall–Kier alpha value is -5.28. The summed E-state index contributed by atoms with van der Waals surface area (Å²) < 4.78 is 16.9. The number of para-hydroxylation sites is 2. The lowest BCUT2D eigenvalue weighted by Crippen LogP contribution is -2.28. The van der Waals surface area contributed by atoms with Gasteiger partial charge in [0.25, 0.3) is 11.8 Å². The Labute approximate surface area is 238 Å². The summed E-state index contributed by atoms with van der Waals surface area (Å²) in [5.74, 6) is 0.246. The van der Waals surface area contributed by atoms with Gasteiger partial charge in [0.15, 0.2) is 0 Å². The van der Waals surface area contributed by atoms with E-state index in [1.807, 2.05) is 109 Å². The second-order valence-electron chi connectivity index (χ2n) is 8.70. The second kappa shape index (κ2) is 16.0. The number of benzene rings is 4. The van der Waals surface area contributed by atoms with Gasteiger partial charge in [0.2, 0.25) is 0 Å². The lowest BCUT2D eigenvalue weighted by molar-refractivity contribution is -0.130. The van der Waals surface area contributed by atoms with E-state index in [2.05, 4.69) is 21.1 Å². The van der Waals surface area contributed by atoms with E-state index in [0.717, 1.165) is 11.1 Å². The summed E-state index contributed by atoms with van der Waals surface area (Å²) in [5, 5.41) is 7.92. The molecule has 0 radical (unpaired) electrons. The maximum atomic E-state index is 12.1. The summed E-state index contributed by atoms with van der Waals surface area (Å²) in [4.78, 5) is 24.1. The number of hydrogen-bond donors (Lipinski definition) is 2. The van der Waals surface area contributed by atoms with Crippen LogP contribution >= 0.6 is 0 Å². The minimum absolute atomic E-state index is 0.350. The van der Waals surface area contributed by atoms with E-state index in [-0.39, 0.29) is 13.2 Å². The monoisotopic (exact) mass is 550 g/mol. The van der Waals surface area contributed by atoms with Gasteiger partial charge in [-0.05, 0) is 35.4 Å². The highest BCUT2D eigenvalue weighted by atomic mass is 16.5. The highest BCUT2D eigenvalue weighted by Crippen LogP contribution is 2.18. The molecule has 4 aromatic carbocycles. The van der Waals surface area contributed by atoms with Gasteiger partial charge in [0.05, 0.1) is 12.4 Å². The zero-order valence-corrected chi connectivity index (χ0v) is 22.3. The first kappa shape index (κ1) is 28.7. The Balaban J connectivity index is 1.16. The number of carbonyl (C=O) groups excluding carboxylic acids is 2. The van der Waals surface area contributed by atoms with Crippen molar-refractivity contribution in [3.05, 3.63) is 131 Å². The average molecular weight is 551 g/mol. The Morgan fingerprint density at radius 3 is 1.39 bits per heavy atom. The molecule has 0 saturated heterocycles. The average Bonchev–Trinajstić information content (AvgIpc) is 3.01. The van der Waals surface area contributed by atoms with Gasteiger partial charge in [0, 0.05) is 11.1 Å². The van der Waals surface area contributed by atoms with Crippen LogP contribution in [0, 0.1) is 0 Å². The highest BCUT2D eigenvalue weighted by molar-refractivity contribution is 5.86. The largest absolute Gasteiger partial charge is 0.488 e. The molecule has 4 rings (SSSR count). The third-order valence-corrected chi connectivity index (χ3v) is 5.56. The summed E-state index contributed by atoms with van der Waals surface area (Å²) in [5.41, 5.74) is 8.23. The molecule has 0 spiro atoms. The Bertz CT molecular complexity index is 1350. The molecular weight excluding hydrogens is 520 g/mol. The van der Waals surface area contributed by atoms with Crippen LogP contribution in [0.15, 0.2) is 119 Å². The van der Waals surface area contributed by atoms with Crippen molar-refractivity contribution in [2.24, 2.45) is 10.2 Å². The predicted octanol–water partition coefficient (Wildman–Crippen LogP) is 4.46. The quantitative estimate of drug-likeness (QED) is 0.178. The van der Waals surface area contributed by atoms with Crippen molar-refractivity contribution in [2.75, 3.05) is 13.2 Å². The van der Waals surface area contributed by atoms with Crippen molar-refractivity contribution >= 4 is 24.2 Å². The van der Waals surface area contributed by atoms with Crippen molar-refractivity contribution in [1.82, 2.24) is 10.9 Å². The smallest absolute Gasteiger partial charge is 0.266 e. The number of amides is 2. The van der Waals surface area contributed by atoms with Gasteiger partial charge in [0.1, 0.15) is 37.9 Å². The first-order valence-corrected chi connectivity index (χ1v) is 12.9. The molecule has 9 heteroatoms. The minimum atomic E-state index is -0.510. The topological polar surface area (TPSA) is 111 Å². The van der Waals surface area contributed by atoms with Gasteiger partial charge in [-0.25, -0.2) is 10.9 Å². The number of hydrogen-bond acceptors (Lipinski definition) is 7. The summed E-state index contributed by atoms with van der Waals surface area (Å²) in [6.45, 7) is 0.118. The van der Waals surface area contributed by atoms with Crippen LogP contribution in [0.4, 0.5) is 0 Å². The van der Waals surface area contributed by atoms with Crippen molar-refractivity contribution in [3.8, 4) is 11.5 Å². The molecule has 0 fully saturated rings. The lowest BCUT2D eigenvalue weighted by Gasteiger charge is -2.09. The van der Waals surface area contributed by atoms with E-state index in [9.17, 15) is 9.59 Å². The third-order valence-electron chi connectivity index (χ3n) is 5.56. The van der Waals surface area contributed by atoms with Crippen molar-refractivity contribution < 1.29 is 23.8 Å². The molecule has 0 bridgehead atoms. The molecule has 0 atom stereocenters. The minimum Gasteiger partial charge on any atom is -0.488 e. The highest BCUT2D eigenvalue weighted by Gasteiger charge is 2.06. The Morgan fingerprint density at radius 2 is 0.951 bits per heavy atom. The van der Waals surface area contributed by atoms with E-state index >= 15 is 0 Å². The van der Waals surface area contributed by atoms with Gasteiger partial charge in [-0.3, -0.25) is 9.59 Å². The Morgan fingerprint density at radius 1 is 0.561 bits per heavy atom. The molecule has 208 valence electrons. The van der Waals surface area contributed by atoms with Gasteiger partial charge < -0.3 is 14.2 Å². The van der Waals surface area contributed by atoms with Crippen LogP contribution in [-0.2, 0) is 27.5 Å². The van der Waals surface area contributed by atoms with Crippen LogP contribution in [0.1, 0.15) is 22.3 Å². The van der Waals surface area contributed by atoms with Gasteiger partial charge in [-0.1, -0.05) is 84.9 Å². The Kier molecular flexibility index (Phi) is 11.2. The van der Waals surface area contributed by atoms with E-state index in [1.54, 1.807) is 0 Å². The summed E-state index contributed by atoms with van der Waals surface area (Å²) in [6, 6.07) is 34.3. The van der Waals surface area contributed by atoms with E-state index in [0.29, 0.717) is 35.8 Å². The van der Waals surface area contributed by atoms with E-state index in [1.165, 1.54) is 12.4 Å². The number of nitrogens with one attached hydrogen (secondary N) is 2. The standard InChI is InChI=1S/C32H30N4O5/c37-31(35-33-19-27-15-7-9-17-29(27)40-21-25-11-3-1-4-12-25)23-39-24-32(38)36-34-20-28-16-8-10-18-30(28)41-22-26-13-5-2-6-14-26/h1-20H,21-24H2,(H,35,37)(H,36,38)/b33-19+,34-20+. The molecule has 0 unspecified atom stereocenters. The summed E-state index contributed by atoms with van der Waals surface area (Å²) >= 11 is 0. The molecular formula is C32H30N4O5.